The summed E-state index contributed by atoms with van der Waals surface area (Å²) in [6.07, 6.45) is 3.53. The Balaban J connectivity index is 1.97. The van der Waals surface area contributed by atoms with Crippen LogP contribution in [0.1, 0.15) is 0 Å². The number of rotatable bonds is 7. The van der Waals surface area contributed by atoms with Gasteiger partial charge in [-0.05, 0) is 24.5 Å². The summed E-state index contributed by atoms with van der Waals surface area (Å²) in [6.45, 7) is 0.214. The normalized spacial score (nSPS) is 10.7. The number of aliphatic hydroxyl groups excluding tert-OH is 1. The molecule has 0 aliphatic heterocycles. The van der Waals surface area contributed by atoms with Gasteiger partial charge in [0.1, 0.15) is 5.75 Å². The van der Waals surface area contributed by atoms with E-state index in [9.17, 15) is 10.1 Å². The molecule has 0 amide bonds. The third-order valence-electron chi connectivity index (χ3n) is 3.37. The summed E-state index contributed by atoms with van der Waals surface area (Å²) < 4.78 is 5.82. The van der Waals surface area contributed by atoms with E-state index in [1.54, 1.807) is 12.3 Å². The standard InChI is InChI=1S/C16H15N5O4S/c1-26-16-18-9-10-8-13(15(17-6-7-22)19-14(10)20-16)25-12-4-2-11(3-5-12)21(23)24/h2-5,8-9,22H,6-7H2,1H3,(H,17,18,19,20). The van der Waals surface area contributed by atoms with Crippen LogP contribution in [0.3, 0.4) is 0 Å². The first-order chi connectivity index (χ1) is 12.6. The Morgan fingerprint density at radius 2 is 2.08 bits per heavy atom. The number of benzene rings is 1. The maximum Gasteiger partial charge on any atom is 0.269 e. The minimum atomic E-state index is -0.476. The highest BCUT2D eigenvalue weighted by Gasteiger charge is 2.12. The van der Waals surface area contributed by atoms with E-state index in [1.807, 2.05) is 6.26 Å². The van der Waals surface area contributed by atoms with Crippen LogP contribution in [0, 0.1) is 10.1 Å². The van der Waals surface area contributed by atoms with Gasteiger partial charge in [-0.15, -0.1) is 0 Å². The van der Waals surface area contributed by atoms with Crippen molar-refractivity contribution in [2.75, 3.05) is 24.7 Å². The smallest absolute Gasteiger partial charge is 0.269 e. The highest BCUT2D eigenvalue weighted by atomic mass is 32.2. The zero-order valence-electron chi connectivity index (χ0n) is 13.7. The molecular formula is C16H15N5O4S. The lowest BCUT2D eigenvalue weighted by Crippen LogP contribution is -2.08. The van der Waals surface area contributed by atoms with Gasteiger partial charge in [-0.25, -0.2) is 15.0 Å². The summed E-state index contributed by atoms with van der Waals surface area (Å²) in [5.74, 6) is 1.24. The number of pyridine rings is 1. The number of nitro groups is 1. The van der Waals surface area contributed by atoms with Crippen LogP contribution in [-0.2, 0) is 0 Å². The van der Waals surface area contributed by atoms with Crippen molar-refractivity contribution in [1.29, 1.82) is 0 Å². The van der Waals surface area contributed by atoms with Crippen molar-refractivity contribution in [3.63, 3.8) is 0 Å². The van der Waals surface area contributed by atoms with E-state index in [0.29, 0.717) is 33.5 Å². The van der Waals surface area contributed by atoms with E-state index in [-0.39, 0.29) is 18.8 Å². The second kappa shape index (κ2) is 7.93. The van der Waals surface area contributed by atoms with Gasteiger partial charge in [0.15, 0.2) is 22.4 Å². The molecule has 10 heteroatoms. The number of thioether (sulfide) groups is 1. The quantitative estimate of drug-likeness (QED) is 0.278. The van der Waals surface area contributed by atoms with Crippen molar-refractivity contribution in [2.24, 2.45) is 0 Å². The van der Waals surface area contributed by atoms with Crippen LogP contribution in [0.2, 0.25) is 0 Å². The lowest BCUT2D eigenvalue weighted by Gasteiger charge is -2.12. The van der Waals surface area contributed by atoms with Gasteiger partial charge in [-0.2, -0.15) is 0 Å². The second-order valence-corrected chi connectivity index (χ2v) is 5.88. The summed E-state index contributed by atoms with van der Waals surface area (Å²) in [6, 6.07) is 7.46. The first-order valence-electron chi connectivity index (χ1n) is 7.59. The number of hydrogen-bond acceptors (Lipinski definition) is 9. The fraction of sp³-hybridized carbons (Fsp3) is 0.188. The molecule has 1 aromatic carbocycles. The van der Waals surface area contributed by atoms with E-state index in [0.717, 1.165) is 0 Å². The number of anilines is 1. The molecular weight excluding hydrogens is 358 g/mol. The highest BCUT2D eigenvalue weighted by molar-refractivity contribution is 7.98. The number of aliphatic hydroxyl groups is 1. The first-order valence-corrected chi connectivity index (χ1v) is 8.82. The molecule has 0 atom stereocenters. The molecule has 0 saturated heterocycles. The fourth-order valence-corrected chi connectivity index (χ4v) is 2.50. The molecule has 0 aliphatic rings. The Morgan fingerprint density at radius 3 is 2.73 bits per heavy atom. The molecule has 0 fully saturated rings. The highest BCUT2D eigenvalue weighted by Crippen LogP contribution is 2.32. The average molecular weight is 373 g/mol. The molecule has 0 saturated carbocycles. The predicted molar refractivity (Wildman–Crippen MR) is 97.9 cm³/mol. The number of nitrogens with one attached hydrogen (secondary N) is 1. The number of nitrogens with zero attached hydrogens (tertiary/aromatic N) is 4. The molecule has 26 heavy (non-hydrogen) atoms. The van der Waals surface area contributed by atoms with Crippen LogP contribution in [0.5, 0.6) is 11.5 Å². The maximum absolute atomic E-state index is 10.7. The van der Waals surface area contributed by atoms with Gasteiger partial charge in [-0.1, -0.05) is 11.8 Å². The van der Waals surface area contributed by atoms with Crippen LogP contribution < -0.4 is 10.1 Å². The van der Waals surface area contributed by atoms with Crippen molar-refractivity contribution >= 4 is 34.3 Å². The third kappa shape index (κ3) is 3.98. The van der Waals surface area contributed by atoms with Gasteiger partial charge in [0, 0.05) is 30.3 Å². The minimum Gasteiger partial charge on any atom is -0.453 e. The van der Waals surface area contributed by atoms with Crippen molar-refractivity contribution in [1.82, 2.24) is 15.0 Å². The average Bonchev–Trinajstić information content (AvgIpc) is 2.66. The Bertz CT molecular complexity index is 936. The van der Waals surface area contributed by atoms with Crippen LogP contribution in [0.15, 0.2) is 41.7 Å². The number of non-ortho nitro benzene ring substituents is 1. The van der Waals surface area contributed by atoms with E-state index in [2.05, 4.69) is 20.3 Å². The molecule has 0 unspecified atom stereocenters. The number of hydrogen-bond donors (Lipinski definition) is 2. The summed E-state index contributed by atoms with van der Waals surface area (Å²) in [7, 11) is 0. The Hall–Kier alpha value is -2.98. The summed E-state index contributed by atoms with van der Waals surface area (Å²) in [5.41, 5.74) is 0.478. The summed E-state index contributed by atoms with van der Waals surface area (Å²) in [4.78, 5) is 23.3. The van der Waals surface area contributed by atoms with Crippen LogP contribution >= 0.6 is 11.8 Å². The first kappa shape index (κ1) is 17.8. The van der Waals surface area contributed by atoms with Crippen molar-refractivity contribution in [2.45, 2.75) is 5.16 Å². The molecule has 3 aromatic rings. The minimum absolute atomic E-state index is 0.0226. The topological polar surface area (TPSA) is 123 Å². The number of nitro benzene ring substituents is 1. The third-order valence-corrected chi connectivity index (χ3v) is 3.94. The molecule has 2 N–H and O–H groups in total. The van der Waals surface area contributed by atoms with E-state index < -0.39 is 4.92 Å². The Morgan fingerprint density at radius 1 is 1.31 bits per heavy atom. The molecule has 0 spiro atoms. The van der Waals surface area contributed by atoms with Gasteiger partial charge >= 0.3 is 0 Å². The van der Waals surface area contributed by atoms with Gasteiger partial charge in [0.2, 0.25) is 0 Å². The van der Waals surface area contributed by atoms with Crippen LogP contribution in [0.4, 0.5) is 11.5 Å². The molecule has 3 rings (SSSR count). The summed E-state index contributed by atoms with van der Waals surface area (Å²) >= 11 is 1.41. The predicted octanol–water partition coefficient (Wildman–Crippen LogP) is 2.85. The Kier molecular flexibility index (Phi) is 5.44. The lowest BCUT2D eigenvalue weighted by atomic mass is 10.3. The van der Waals surface area contributed by atoms with Gasteiger partial charge < -0.3 is 15.2 Å². The summed E-state index contributed by atoms with van der Waals surface area (Å²) in [5, 5.41) is 24.1. The van der Waals surface area contributed by atoms with Crippen molar-refractivity contribution < 1.29 is 14.8 Å². The number of aromatic nitrogens is 3. The van der Waals surface area contributed by atoms with Crippen molar-refractivity contribution in [3.8, 4) is 11.5 Å². The SMILES string of the molecule is CSc1ncc2cc(Oc3ccc([N+](=O)[O-])cc3)c(NCCO)nc2n1. The molecule has 2 heterocycles. The van der Waals surface area contributed by atoms with E-state index in [4.69, 9.17) is 9.84 Å². The van der Waals surface area contributed by atoms with E-state index in [1.165, 1.54) is 36.0 Å². The maximum atomic E-state index is 10.7. The monoisotopic (exact) mass is 373 g/mol. The molecule has 0 aliphatic carbocycles. The number of ether oxygens (including phenoxy) is 1. The molecule has 2 aromatic heterocycles. The second-order valence-electron chi connectivity index (χ2n) is 5.11. The van der Waals surface area contributed by atoms with E-state index >= 15 is 0 Å². The van der Waals surface area contributed by atoms with Crippen LogP contribution in [0.25, 0.3) is 11.0 Å². The molecule has 0 radical (unpaired) electrons. The molecule has 134 valence electrons. The molecule has 9 nitrogen and oxygen atoms in total. The largest absolute Gasteiger partial charge is 0.453 e. The zero-order valence-corrected chi connectivity index (χ0v) is 14.6. The zero-order chi connectivity index (χ0) is 18.5. The van der Waals surface area contributed by atoms with Crippen molar-refractivity contribution in [3.05, 3.63) is 46.6 Å². The van der Waals surface area contributed by atoms with Gasteiger partial charge in [-0.3, -0.25) is 10.1 Å². The Labute approximate surface area is 152 Å². The lowest BCUT2D eigenvalue weighted by molar-refractivity contribution is -0.384. The van der Waals surface area contributed by atoms with Crippen LogP contribution in [-0.4, -0.2) is 44.4 Å². The fourth-order valence-electron chi connectivity index (χ4n) is 2.17. The van der Waals surface area contributed by atoms with Gasteiger partial charge in [0.25, 0.3) is 5.69 Å². The van der Waals surface area contributed by atoms with Gasteiger partial charge in [0.05, 0.1) is 11.5 Å². The number of fused-ring (bicyclic) bond motifs is 1. The molecule has 0 bridgehead atoms.